The number of nitrogens with one attached hydrogen (secondary N) is 4. The molecule has 0 radical (unpaired) electrons. The maximum absolute atomic E-state index is 12.9. The summed E-state index contributed by atoms with van der Waals surface area (Å²) in [6, 6.07) is 65.5. The molecule has 2 aliphatic carbocycles. The first-order valence-electron chi connectivity index (χ1n) is 25.2. The van der Waals surface area contributed by atoms with E-state index in [0.717, 1.165) is 88.7 Å². The second-order valence-electron chi connectivity index (χ2n) is 18.7. The SMILES string of the molecule is Ic1ccccc1.O=C(N[C@@H](Cc1c(-c2ccccc2)[nH]c2ccccc12)C(=O)O)OCC1c2ccccc2-c2ccccc21.O=C(N[C@@H](Cc1c[nH]c2ccccc12)C(=O)O)OCC1c2ccccc2-c2ccccc21. The number of carbonyl (C=O) groups is 4. The van der Waals surface area contributed by atoms with Gasteiger partial charge >= 0.3 is 24.1 Å². The monoisotopic (exact) mass is 1130 g/mol. The Labute approximate surface area is 458 Å². The van der Waals surface area contributed by atoms with Crippen molar-refractivity contribution in [1.82, 2.24) is 20.6 Å². The smallest absolute Gasteiger partial charge is 0.407 e. The Hall–Kier alpha value is -8.95. The molecular formula is C64H53IN4O8. The van der Waals surface area contributed by atoms with E-state index >= 15 is 0 Å². The minimum atomic E-state index is -1.16. The number of aromatic nitrogens is 2. The van der Waals surface area contributed by atoms with Crippen LogP contribution < -0.4 is 10.6 Å². The Kier molecular flexibility index (Phi) is 15.9. The van der Waals surface area contributed by atoms with Gasteiger partial charge in [-0.15, -0.1) is 0 Å². The van der Waals surface area contributed by atoms with Crippen LogP contribution in [0.3, 0.4) is 0 Å². The molecule has 2 amide bonds. The number of alkyl carbamates (subject to hydrolysis) is 2. The van der Waals surface area contributed by atoms with E-state index in [0.29, 0.717) is 0 Å². The third kappa shape index (κ3) is 11.7. The summed E-state index contributed by atoms with van der Waals surface area (Å²) in [4.78, 5) is 56.0. The van der Waals surface area contributed by atoms with Crippen LogP contribution in [0, 0.1) is 3.57 Å². The van der Waals surface area contributed by atoms with Crippen LogP contribution >= 0.6 is 22.6 Å². The second-order valence-corrected chi connectivity index (χ2v) is 19.9. The van der Waals surface area contributed by atoms with E-state index in [1.54, 1.807) is 6.20 Å². The van der Waals surface area contributed by atoms with Gasteiger partial charge in [0.15, 0.2) is 0 Å². The zero-order valence-corrected chi connectivity index (χ0v) is 43.7. The molecule has 12 rings (SSSR count). The summed E-state index contributed by atoms with van der Waals surface area (Å²) in [7, 11) is 0. The number of ether oxygens (including phenoxy) is 2. The summed E-state index contributed by atoms with van der Waals surface area (Å²) in [6.07, 6.45) is 0.552. The van der Waals surface area contributed by atoms with E-state index in [9.17, 15) is 29.4 Å². The highest BCUT2D eigenvalue weighted by Crippen LogP contribution is 2.46. The van der Waals surface area contributed by atoms with Crippen molar-refractivity contribution in [2.75, 3.05) is 13.2 Å². The van der Waals surface area contributed by atoms with E-state index in [-0.39, 0.29) is 37.9 Å². The molecule has 10 aromatic rings. The Morgan fingerprint density at radius 1 is 0.481 bits per heavy atom. The van der Waals surface area contributed by atoms with Crippen molar-refractivity contribution in [3.8, 4) is 33.5 Å². The van der Waals surface area contributed by atoms with Gasteiger partial charge in [0.1, 0.15) is 25.3 Å². The summed E-state index contributed by atoms with van der Waals surface area (Å²) in [6.45, 7) is 0.258. The Morgan fingerprint density at radius 3 is 1.35 bits per heavy atom. The Bertz CT molecular complexity index is 3640. The van der Waals surface area contributed by atoms with Crippen molar-refractivity contribution >= 4 is 68.5 Å². The third-order valence-electron chi connectivity index (χ3n) is 14.0. The topological polar surface area (TPSA) is 183 Å². The predicted octanol–water partition coefficient (Wildman–Crippen LogP) is 13.4. The molecular weight excluding hydrogens is 1080 g/mol. The van der Waals surface area contributed by atoms with Gasteiger partial charge in [-0.2, -0.15) is 0 Å². The second kappa shape index (κ2) is 23.7. The standard InChI is InChI=1S/C32H26N2O4.C26H22N2O4.C6H5I/c35-31(36)29(18-26-25-16-8-9-17-28(25)33-30(26)20-10-2-1-3-11-20)34-32(37)38-19-27-23-14-6-4-12-21(23)22-13-5-7-15-24(22)27;29-25(30)24(13-16-14-27-23-12-6-5-7-17(16)23)28-26(31)32-15-22-20-10-3-1-8-18(20)19-9-2-4-11-21(19)22;7-6-4-2-1-3-5-6/h1-17,27,29,33H,18-19H2,(H,34,37)(H,35,36);1-12,14,22,24,27H,13,15H2,(H,28,31)(H,29,30);1-5H/t29-;24-;/m00./s1. The molecule has 77 heavy (non-hydrogen) atoms. The maximum atomic E-state index is 12.9. The molecule has 12 nitrogen and oxygen atoms in total. The van der Waals surface area contributed by atoms with Gasteiger partial charge in [0.05, 0.1) is 0 Å². The number of hydrogen-bond acceptors (Lipinski definition) is 6. The van der Waals surface area contributed by atoms with Crippen molar-refractivity contribution in [2.45, 2.75) is 36.8 Å². The lowest BCUT2D eigenvalue weighted by Gasteiger charge is -2.18. The molecule has 6 N–H and O–H groups in total. The molecule has 2 aromatic heterocycles. The maximum Gasteiger partial charge on any atom is 0.407 e. The predicted molar refractivity (Wildman–Crippen MR) is 308 cm³/mol. The molecule has 2 aliphatic rings. The number of carbonyl (C=O) groups excluding carboxylic acids is 2. The van der Waals surface area contributed by atoms with Crippen molar-refractivity contribution in [3.05, 3.63) is 249 Å². The van der Waals surface area contributed by atoms with Crippen LogP contribution in [0.25, 0.3) is 55.3 Å². The van der Waals surface area contributed by atoms with Gasteiger partial charge < -0.3 is 40.3 Å². The lowest BCUT2D eigenvalue weighted by Crippen LogP contribution is -2.43. The number of rotatable bonds is 13. The van der Waals surface area contributed by atoms with Crippen LogP contribution in [0.15, 0.2) is 212 Å². The normalized spacial score (nSPS) is 12.8. The first-order valence-corrected chi connectivity index (χ1v) is 26.3. The Balaban J connectivity index is 0.000000157. The fraction of sp³-hybridized carbons (Fsp3) is 0.125. The Morgan fingerprint density at radius 2 is 0.883 bits per heavy atom. The van der Waals surface area contributed by atoms with Gasteiger partial charge in [-0.05, 0) is 108 Å². The van der Waals surface area contributed by atoms with E-state index < -0.39 is 36.2 Å². The number of carboxylic acid groups (broad SMARTS) is 2. The summed E-state index contributed by atoms with van der Waals surface area (Å²) in [5.74, 6) is -2.41. The number of carboxylic acids is 2. The number of amides is 2. The highest BCUT2D eigenvalue weighted by Gasteiger charge is 2.32. The quantitative estimate of drug-likeness (QED) is 0.0617. The number of aromatic amines is 2. The molecule has 384 valence electrons. The van der Waals surface area contributed by atoms with Crippen LogP contribution in [-0.4, -0.2) is 69.6 Å². The van der Waals surface area contributed by atoms with E-state index in [1.165, 1.54) is 3.57 Å². The molecule has 8 aromatic carbocycles. The van der Waals surface area contributed by atoms with Gasteiger partial charge in [0.25, 0.3) is 0 Å². The summed E-state index contributed by atoms with van der Waals surface area (Å²) >= 11 is 2.28. The lowest BCUT2D eigenvalue weighted by atomic mass is 9.98. The van der Waals surface area contributed by atoms with Gasteiger partial charge in [0, 0.05) is 61.9 Å². The summed E-state index contributed by atoms with van der Waals surface area (Å²) in [5.41, 5.74) is 14.2. The van der Waals surface area contributed by atoms with Crippen LogP contribution in [0.4, 0.5) is 9.59 Å². The fourth-order valence-electron chi connectivity index (χ4n) is 10.4. The highest BCUT2D eigenvalue weighted by molar-refractivity contribution is 14.1. The molecule has 0 saturated heterocycles. The van der Waals surface area contributed by atoms with Crippen molar-refractivity contribution in [3.63, 3.8) is 0 Å². The average Bonchev–Trinajstić information content (AvgIpc) is 4.29. The van der Waals surface area contributed by atoms with Crippen molar-refractivity contribution in [1.29, 1.82) is 0 Å². The minimum absolute atomic E-state index is 0.0787. The van der Waals surface area contributed by atoms with Crippen molar-refractivity contribution < 1.29 is 38.9 Å². The number of aliphatic carboxylic acids is 2. The highest BCUT2D eigenvalue weighted by atomic mass is 127. The van der Waals surface area contributed by atoms with Crippen LogP contribution in [0.1, 0.15) is 45.2 Å². The molecule has 0 fully saturated rings. The first kappa shape index (κ1) is 51.5. The fourth-order valence-corrected chi connectivity index (χ4v) is 10.8. The van der Waals surface area contributed by atoms with E-state index in [4.69, 9.17) is 9.47 Å². The van der Waals surface area contributed by atoms with Crippen LogP contribution in [-0.2, 0) is 31.9 Å². The summed E-state index contributed by atoms with van der Waals surface area (Å²) in [5, 5.41) is 26.6. The zero-order valence-electron chi connectivity index (χ0n) is 41.6. The minimum Gasteiger partial charge on any atom is -0.480 e. The lowest BCUT2D eigenvalue weighted by molar-refractivity contribution is -0.140. The van der Waals surface area contributed by atoms with Crippen LogP contribution in [0.5, 0.6) is 0 Å². The molecule has 0 aliphatic heterocycles. The number of hydrogen-bond donors (Lipinski definition) is 6. The molecule has 13 heteroatoms. The number of para-hydroxylation sites is 2. The first-order chi connectivity index (χ1) is 37.6. The molecule has 0 spiro atoms. The molecule has 2 heterocycles. The van der Waals surface area contributed by atoms with Gasteiger partial charge in [-0.1, -0.05) is 182 Å². The van der Waals surface area contributed by atoms with Crippen molar-refractivity contribution in [2.24, 2.45) is 0 Å². The summed E-state index contributed by atoms with van der Waals surface area (Å²) < 4.78 is 12.4. The van der Waals surface area contributed by atoms with E-state index in [2.05, 4.69) is 79.6 Å². The molecule has 0 unspecified atom stereocenters. The largest absolute Gasteiger partial charge is 0.480 e. The number of benzene rings is 8. The third-order valence-corrected chi connectivity index (χ3v) is 14.7. The number of fused-ring (bicyclic) bond motifs is 8. The van der Waals surface area contributed by atoms with Gasteiger partial charge in [-0.3, -0.25) is 0 Å². The number of H-pyrrole nitrogens is 2. The average molecular weight is 1130 g/mol. The number of halogens is 1. The molecule has 2 atom stereocenters. The zero-order chi connectivity index (χ0) is 53.3. The van der Waals surface area contributed by atoms with Gasteiger partial charge in [-0.25, -0.2) is 19.2 Å². The molecule has 0 saturated carbocycles. The molecule has 0 bridgehead atoms. The van der Waals surface area contributed by atoms with Gasteiger partial charge in [0.2, 0.25) is 0 Å². The van der Waals surface area contributed by atoms with E-state index in [1.807, 2.05) is 170 Å². The van der Waals surface area contributed by atoms with Crippen LogP contribution in [0.2, 0.25) is 0 Å².